The van der Waals surface area contributed by atoms with E-state index in [0.717, 1.165) is 44.0 Å². The number of imidazole rings is 1. The van der Waals surface area contributed by atoms with Crippen molar-refractivity contribution in [3.8, 4) is 28.2 Å². The van der Waals surface area contributed by atoms with Crippen molar-refractivity contribution in [2.45, 2.75) is 46.4 Å². The lowest BCUT2D eigenvalue weighted by atomic mass is 9.88. The van der Waals surface area contributed by atoms with Crippen LogP contribution in [0.5, 0.6) is 0 Å². The number of nitrogens with zero attached hydrogens (tertiary/aromatic N) is 3. The summed E-state index contributed by atoms with van der Waals surface area (Å²) in [6.07, 6.45) is 0. The van der Waals surface area contributed by atoms with Crippen LogP contribution in [0.25, 0.3) is 94.1 Å². The molecular formula is C47H37N3O2. The molecule has 252 valence electrons. The van der Waals surface area contributed by atoms with E-state index in [1.165, 1.54) is 11.1 Å². The van der Waals surface area contributed by atoms with Crippen molar-refractivity contribution >= 4 is 65.9 Å². The first kappa shape index (κ1) is 27.5. The molecule has 0 aliphatic heterocycles. The summed E-state index contributed by atoms with van der Waals surface area (Å²) in [4.78, 5) is 10.4. The van der Waals surface area contributed by atoms with Gasteiger partial charge < -0.3 is 8.83 Å². The summed E-state index contributed by atoms with van der Waals surface area (Å²) in [5.74, 6) is 0.989. The van der Waals surface area contributed by atoms with Crippen LogP contribution < -0.4 is 0 Å². The first-order valence-corrected chi connectivity index (χ1v) is 17.9. The van der Waals surface area contributed by atoms with Gasteiger partial charge in [0.25, 0.3) is 0 Å². The Morgan fingerprint density at radius 2 is 1.37 bits per heavy atom. The fraction of sp³-hybridized carbons (Fsp3) is 0.149. The van der Waals surface area contributed by atoms with E-state index in [9.17, 15) is 0 Å². The SMILES string of the molecule is [2H]C([2H])([2H])c1ccc(-c2nc3ccc4ccccc4c3n2-c2c(C(C)C)cc(-c3ccccc3)cc2C(C)C)c2oc3nc4c(cc3c12)oc1ccccc14. The maximum Gasteiger partial charge on any atom is 0.228 e. The van der Waals surface area contributed by atoms with Crippen LogP contribution in [0.4, 0.5) is 0 Å². The highest BCUT2D eigenvalue weighted by Crippen LogP contribution is 2.45. The molecular weight excluding hydrogens is 639 g/mol. The van der Waals surface area contributed by atoms with Gasteiger partial charge in [-0.05, 0) is 94.4 Å². The zero-order valence-electron chi connectivity index (χ0n) is 32.4. The van der Waals surface area contributed by atoms with Gasteiger partial charge in [-0.2, -0.15) is 0 Å². The largest absolute Gasteiger partial charge is 0.454 e. The Hall–Kier alpha value is -6.20. The van der Waals surface area contributed by atoms with Gasteiger partial charge in [-0.3, -0.25) is 4.57 Å². The second-order valence-corrected chi connectivity index (χ2v) is 14.4. The Bertz CT molecular complexity index is 3120. The number of rotatable bonds is 5. The van der Waals surface area contributed by atoms with Crippen LogP contribution >= 0.6 is 0 Å². The van der Waals surface area contributed by atoms with E-state index >= 15 is 0 Å². The van der Waals surface area contributed by atoms with Crippen molar-refractivity contribution in [3.05, 3.63) is 138 Å². The Morgan fingerprint density at radius 3 is 2.13 bits per heavy atom. The fourth-order valence-electron chi connectivity index (χ4n) is 7.96. The van der Waals surface area contributed by atoms with Gasteiger partial charge >= 0.3 is 0 Å². The van der Waals surface area contributed by atoms with E-state index in [4.69, 9.17) is 22.9 Å². The second-order valence-electron chi connectivity index (χ2n) is 14.4. The van der Waals surface area contributed by atoms with Crippen LogP contribution in [0.1, 0.15) is 60.3 Å². The van der Waals surface area contributed by atoms with Gasteiger partial charge in [-0.1, -0.05) is 107 Å². The van der Waals surface area contributed by atoms with Gasteiger partial charge in [0.15, 0.2) is 5.58 Å². The lowest BCUT2D eigenvalue weighted by molar-refractivity contribution is 0.652. The van der Waals surface area contributed by atoms with Gasteiger partial charge in [0.2, 0.25) is 5.71 Å². The van der Waals surface area contributed by atoms with Gasteiger partial charge in [-0.15, -0.1) is 0 Å². The normalized spacial score (nSPS) is 13.4. The monoisotopic (exact) mass is 678 g/mol. The van der Waals surface area contributed by atoms with Crippen molar-refractivity contribution in [1.82, 2.24) is 14.5 Å². The van der Waals surface area contributed by atoms with E-state index in [1.54, 1.807) is 6.07 Å². The number of aromatic nitrogens is 3. The maximum absolute atomic E-state index is 8.62. The van der Waals surface area contributed by atoms with Crippen LogP contribution in [0.2, 0.25) is 0 Å². The third-order valence-corrected chi connectivity index (χ3v) is 10.5. The van der Waals surface area contributed by atoms with Crippen molar-refractivity contribution in [2.24, 2.45) is 0 Å². The summed E-state index contributed by atoms with van der Waals surface area (Å²) in [5.41, 5.74) is 11.2. The molecule has 6 aromatic carbocycles. The molecule has 0 saturated heterocycles. The Kier molecular flexibility index (Phi) is 6.04. The predicted molar refractivity (Wildman–Crippen MR) is 215 cm³/mol. The van der Waals surface area contributed by atoms with Gasteiger partial charge in [0.05, 0.1) is 27.7 Å². The van der Waals surface area contributed by atoms with E-state index in [0.29, 0.717) is 50.1 Å². The predicted octanol–water partition coefficient (Wildman–Crippen LogP) is 13.3. The molecule has 0 atom stereocenters. The van der Waals surface area contributed by atoms with E-state index in [-0.39, 0.29) is 17.4 Å². The quantitative estimate of drug-likeness (QED) is 0.182. The number of fused-ring (bicyclic) bond motifs is 9. The zero-order valence-corrected chi connectivity index (χ0v) is 29.4. The minimum atomic E-state index is -2.42. The van der Waals surface area contributed by atoms with Crippen LogP contribution in [0.3, 0.4) is 0 Å². The zero-order chi connectivity index (χ0) is 37.7. The highest BCUT2D eigenvalue weighted by molar-refractivity contribution is 6.15. The number of pyridine rings is 1. The summed E-state index contributed by atoms with van der Waals surface area (Å²) < 4.78 is 41.1. The number of hydrogen-bond acceptors (Lipinski definition) is 4. The van der Waals surface area contributed by atoms with Crippen LogP contribution in [-0.4, -0.2) is 14.5 Å². The van der Waals surface area contributed by atoms with Crippen LogP contribution in [-0.2, 0) is 0 Å². The number of hydrogen-bond donors (Lipinski definition) is 0. The summed E-state index contributed by atoms with van der Waals surface area (Å²) in [5, 5.41) is 4.11. The molecule has 10 rings (SSSR count). The summed E-state index contributed by atoms with van der Waals surface area (Å²) in [6, 6.07) is 40.9. The molecule has 0 saturated carbocycles. The number of benzene rings is 6. The molecule has 0 fully saturated rings. The lowest BCUT2D eigenvalue weighted by Crippen LogP contribution is -2.09. The average molecular weight is 679 g/mol. The molecule has 0 aliphatic rings. The third kappa shape index (κ3) is 4.48. The molecule has 5 nitrogen and oxygen atoms in total. The van der Waals surface area contributed by atoms with Gasteiger partial charge in [0, 0.05) is 20.3 Å². The first-order valence-electron chi connectivity index (χ1n) is 19.4. The summed E-state index contributed by atoms with van der Waals surface area (Å²) in [7, 11) is 0. The molecule has 4 heterocycles. The Morgan fingerprint density at radius 1 is 0.635 bits per heavy atom. The van der Waals surface area contributed by atoms with Gasteiger partial charge in [0.1, 0.15) is 22.5 Å². The minimum Gasteiger partial charge on any atom is -0.454 e. The molecule has 0 bridgehead atoms. The molecule has 0 unspecified atom stereocenters. The summed E-state index contributed by atoms with van der Waals surface area (Å²) in [6.45, 7) is 6.53. The number of furan rings is 2. The average Bonchev–Trinajstić information content (AvgIpc) is 3.87. The lowest BCUT2D eigenvalue weighted by Gasteiger charge is -2.24. The van der Waals surface area contributed by atoms with Crippen molar-refractivity contribution in [1.29, 1.82) is 0 Å². The molecule has 0 radical (unpaired) electrons. The smallest absolute Gasteiger partial charge is 0.228 e. The summed E-state index contributed by atoms with van der Waals surface area (Å²) >= 11 is 0. The third-order valence-electron chi connectivity index (χ3n) is 10.5. The molecule has 10 aromatic rings. The van der Waals surface area contributed by atoms with Crippen molar-refractivity contribution in [3.63, 3.8) is 0 Å². The Balaban J connectivity index is 1.36. The van der Waals surface area contributed by atoms with Crippen molar-refractivity contribution < 1.29 is 12.9 Å². The fourth-order valence-corrected chi connectivity index (χ4v) is 7.96. The van der Waals surface area contributed by atoms with E-state index in [1.807, 2.05) is 42.5 Å². The molecule has 0 aliphatic carbocycles. The standard InChI is InChI=1S/C47H37N3O2/c1-26(2)35-23-31(29-13-7-6-8-14-29)24-36(27(3)4)43(35)50-44-32-16-10-9-15-30(32)20-22-38(44)48-46(50)34-21-19-28(5)41-37-25-40-42(49-47(37)52-45(34)41)33-17-11-12-18-39(33)51-40/h6-27H,1-5H3/i5D3. The number of para-hydroxylation sites is 1. The second kappa shape index (κ2) is 11.4. The molecule has 0 N–H and O–H groups in total. The maximum atomic E-state index is 8.62. The van der Waals surface area contributed by atoms with Gasteiger partial charge in [-0.25, -0.2) is 9.97 Å². The van der Waals surface area contributed by atoms with Crippen LogP contribution in [0, 0.1) is 6.85 Å². The highest BCUT2D eigenvalue weighted by Gasteiger charge is 2.27. The van der Waals surface area contributed by atoms with Crippen LogP contribution in [0.15, 0.2) is 130 Å². The number of aryl methyl sites for hydroxylation is 1. The highest BCUT2D eigenvalue weighted by atomic mass is 16.3. The molecule has 52 heavy (non-hydrogen) atoms. The van der Waals surface area contributed by atoms with E-state index < -0.39 is 6.85 Å². The topological polar surface area (TPSA) is 57.0 Å². The minimum absolute atomic E-state index is 0.162. The first-order chi connectivity index (χ1) is 26.6. The Labute approximate surface area is 305 Å². The molecule has 4 aromatic heterocycles. The van der Waals surface area contributed by atoms with E-state index in [2.05, 4.69) is 105 Å². The molecule has 0 amide bonds. The molecule has 5 heteroatoms. The van der Waals surface area contributed by atoms with Crippen molar-refractivity contribution in [2.75, 3.05) is 0 Å². The molecule has 0 spiro atoms.